The highest BCUT2D eigenvalue weighted by Gasteiger charge is 2.37. The largest absolute Gasteiger partial charge is 0.330 e. The number of rotatable bonds is 6. The molecule has 0 unspecified atom stereocenters. The van der Waals surface area contributed by atoms with E-state index in [0.717, 1.165) is 12.8 Å². The first-order valence-electron chi connectivity index (χ1n) is 4.65. The van der Waals surface area contributed by atoms with Gasteiger partial charge in [0.25, 0.3) is 0 Å². The van der Waals surface area contributed by atoms with Crippen LogP contribution in [0.5, 0.6) is 0 Å². The lowest BCUT2D eigenvalue weighted by Crippen LogP contribution is -2.31. The molecule has 1 aliphatic rings. The van der Waals surface area contributed by atoms with Gasteiger partial charge in [-0.1, -0.05) is 6.92 Å². The van der Waals surface area contributed by atoms with Crippen LogP contribution in [0.2, 0.25) is 0 Å². The fourth-order valence-electron chi connectivity index (χ4n) is 1.02. The zero-order chi connectivity index (χ0) is 9.95. The Balaban J connectivity index is 2.25. The molecule has 0 aliphatic heterocycles. The monoisotopic (exact) mass is 206 g/mol. The molecule has 3 N–H and O–H groups in total. The van der Waals surface area contributed by atoms with Gasteiger partial charge in [0.2, 0.25) is 10.0 Å². The van der Waals surface area contributed by atoms with Crippen molar-refractivity contribution in [3.05, 3.63) is 0 Å². The van der Waals surface area contributed by atoms with Crippen molar-refractivity contribution in [3.63, 3.8) is 0 Å². The molecule has 5 heteroatoms. The van der Waals surface area contributed by atoms with Crippen LogP contribution in [-0.4, -0.2) is 27.3 Å². The summed E-state index contributed by atoms with van der Waals surface area (Å²) in [4.78, 5) is 0. The van der Waals surface area contributed by atoms with Crippen molar-refractivity contribution in [2.45, 2.75) is 26.2 Å². The normalized spacial score (nSPS) is 20.2. The van der Waals surface area contributed by atoms with Crippen molar-refractivity contribution in [3.8, 4) is 0 Å². The van der Waals surface area contributed by atoms with E-state index in [0.29, 0.717) is 19.5 Å². The molecule has 0 radical (unpaired) electrons. The van der Waals surface area contributed by atoms with Gasteiger partial charge in [0, 0.05) is 6.54 Å². The SMILES string of the molecule is CC1(CNS(=O)(=O)CCCN)CC1. The molecule has 0 amide bonds. The number of hydrogen-bond donors (Lipinski definition) is 2. The molecule has 1 fully saturated rings. The minimum atomic E-state index is -3.07. The van der Waals surface area contributed by atoms with Gasteiger partial charge in [-0.25, -0.2) is 13.1 Å². The Bertz CT molecular complexity index is 257. The van der Waals surface area contributed by atoms with Crippen molar-refractivity contribution in [2.24, 2.45) is 11.1 Å². The maximum Gasteiger partial charge on any atom is 0.211 e. The highest BCUT2D eigenvalue weighted by atomic mass is 32.2. The summed E-state index contributed by atoms with van der Waals surface area (Å²) in [5.74, 6) is 0.152. The Morgan fingerprint density at radius 1 is 1.46 bits per heavy atom. The summed E-state index contributed by atoms with van der Waals surface area (Å²) in [6.07, 6.45) is 2.80. The van der Waals surface area contributed by atoms with Gasteiger partial charge >= 0.3 is 0 Å². The summed E-state index contributed by atoms with van der Waals surface area (Å²) in [7, 11) is -3.07. The molecule has 13 heavy (non-hydrogen) atoms. The fourth-order valence-corrected chi connectivity index (χ4v) is 2.28. The number of nitrogens with one attached hydrogen (secondary N) is 1. The number of nitrogens with two attached hydrogens (primary N) is 1. The lowest BCUT2D eigenvalue weighted by atomic mass is 10.2. The van der Waals surface area contributed by atoms with Gasteiger partial charge in [-0.05, 0) is 31.2 Å². The fraction of sp³-hybridized carbons (Fsp3) is 1.00. The summed E-state index contributed by atoms with van der Waals surface area (Å²) < 4.78 is 25.2. The quantitative estimate of drug-likeness (QED) is 0.645. The van der Waals surface area contributed by atoms with E-state index in [1.54, 1.807) is 0 Å². The van der Waals surface area contributed by atoms with E-state index in [-0.39, 0.29) is 11.2 Å². The third-order valence-corrected chi connectivity index (χ3v) is 3.85. The summed E-state index contributed by atoms with van der Waals surface area (Å²) in [5.41, 5.74) is 5.47. The second-order valence-electron chi connectivity index (χ2n) is 4.09. The first kappa shape index (κ1) is 10.9. The van der Waals surface area contributed by atoms with Crippen LogP contribution in [-0.2, 0) is 10.0 Å². The van der Waals surface area contributed by atoms with Crippen molar-refractivity contribution < 1.29 is 8.42 Å². The molecule has 0 saturated heterocycles. The Morgan fingerprint density at radius 2 is 2.08 bits per heavy atom. The third-order valence-electron chi connectivity index (χ3n) is 2.44. The molecule has 1 saturated carbocycles. The summed E-state index contributed by atoms with van der Waals surface area (Å²) in [6, 6.07) is 0. The van der Waals surface area contributed by atoms with Gasteiger partial charge < -0.3 is 5.73 Å². The lowest BCUT2D eigenvalue weighted by molar-refractivity contribution is 0.529. The lowest BCUT2D eigenvalue weighted by Gasteiger charge is -2.10. The van der Waals surface area contributed by atoms with Gasteiger partial charge in [-0.15, -0.1) is 0 Å². The summed E-state index contributed by atoms with van der Waals surface area (Å²) in [6.45, 7) is 3.11. The van der Waals surface area contributed by atoms with Crippen LogP contribution in [0, 0.1) is 5.41 Å². The second-order valence-corrected chi connectivity index (χ2v) is 6.02. The summed E-state index contributed by atoms with van der Waals surface area (Å²) >= 11 is 0. The Labute approximate surface area is 79.9 Å². The first-order valence-corrected chi connectivity index (χ1v) is 6.30. The standard InChI is InChI=1S/C8H18N2O2S/c1-8(3-4-8)7-10-13(11,12)6-2-5-9/h10H,2-7,9H2,1H3. The van der Waals surface area contributed by atoms with Crippen molar-refractivity contribution in [1.82, 2.24) is 4.72 Å². The van der Waals surface area contributed by atoms with Crippen molar-refractivity contribution >= 4 is 10.0 Å². The maximum atomic E-state index is 11.3. The molecule has 0 aromatic carbocycles. The van der Waals surface area contributed by atoms with Crippen LogP contribution in [0.4, 0.5) is 0 Å². The first-order chi connectivity index (χ1) is 5.97. The van der Waals surface area contributed by atoms with E-state index < -0.39 is 10.0 Å². The van der Waals surface area contributed by atoms with Gasteiger partial charge in [0.15, 0.2) is 0 Å². The van der Waals surface area contributed by atoms with Crippen LogP contribution < -0.4 is 10.5 Å². The summed E-state index contributed by atoms with van der Waals surface area (Å²) in [5, 5.41) is 0. The van der Waals surface area contributed by atoms with Crippen molar-refractivity contribution in [1.29, 1.82) is 0 Å². The maximum absolute atomic E-state index is 11.3. The molecule has 0 heterocycles. The number of hydrogen-bond acceptors (Lipinski definition) is 3. The van der Waals surface area contributed by atoms with Crippen LogP contribution in [0.25, 0.3) is 0 Å². The highest BCUT2D eigenvalue weighted by Crippen LogP contribution is 2.44. The zero-order valence-electron chi connectivity index (χ0n) is 8.04. The van der Waals surface area contributed by atoms with Crippen LogP contribution >= 0.6 is 0 Å². The molecule has 0 atom stereocenters. The second kappa shape index (κ2) is 3.94. The van der Waals surface area contributed by atoms with Gasteiger partial charge in [0.05, 0.1) is 5.75 Å². The Morgan fingerprint density at radius 3 is 2.54 bits per heavy atom. The molecule has 0 aromatic heterocycles. The molecule has 1 rings (SSSR count). The predicted molar refractivity (Wildman–Crippen MR) is 52.8 cm³/mol. The molecule has 0 bridgehead atoms. The number of sulfonamides is 1. The van der Waals surface area contributed by atoms with Gasteiger partial charge in [-0.3, -0.25) is 0 Å². The Hall–Kier alpha value is -0.130. The smallest absolute Gasteiger partial charge is 0.211 e. The minimum Gasteiger partial charge on any atom is -0.330 e. The minimum absolute atomic E-state index is 0.152. The van der Waals surface area contributed by atoms with E-state index in [4.69, 9.17) is 5.73 Å². The van der Waals surface area contributed by atoms with E-state index >= 15 is 0 Å². The van der Waals surface area contributed by atoms with E-state index in [9.17, 15) is 8.42 Å². The zero-order valence-corrected chi connectivity index (χ0v) is 8.86. The van der Waals surface area contributed by atoms with Crippen LogP contribution in [0.3, 0.4) is 0 Å². The topological polar surface area (TPSA) is 72.2 Å². The van der Waals surface area contributed by atoms with Crippen LogP contribution in [0.15, 0.2) is 0 Å². The predicted octanol–water partition coefficient (Wildman–Crippen LogP) is 0.0547. The molecular weight excluding hydrogens is 188 g/mol. The molecule has 1 aliphatic carbocycles. The van der Waals surface area contributed by atoms with Gasteiger partial charge in [-0.2, -0.15) is 0 Å². The van der Waals surface area contributed by atoms with E-state index in [1.807, 2.05) is 0 Å². The average molecular weight is 206 g/mol. The molecule has 4 nitrogen and oxygen atoms in total. The van der Waals surface area contributed by atoms with Crippen LogP contribution in [0.1, 0.15) is 26.2 Å². The highest BCUT2D eigenvalue weighted by molar-refractivity contribution is 7.89. The van der Waals surface area contributed by atoms with Crippen molar-refractivity contribution in [2.75, 3.05) is 18.8 Å². The molecule has 0 spiro atoms. The third kappa shape index (κ3) is 4.06. The van der Waals surface area contributed by atoms with E-state index in [1.165, 1.54) is 0 Å². The molecular formula is C8H18N2O2S. The Kier molecular flexibility index (Phi) is 3.32. The average Bonchev–Trinajstić information content (AvgIpc) is 2.79. The van der Waals surface area contributed by atoms with Gasteiger partial charge in [0.1, 0.15) is 0 Å². The molecule has 0 aromatic rings. The molecule has 78 valence electrons. The van der Waals surface area contributed by atoms with E-state index in [2.05, 4.69) is 11.6 Å².